The number of nitrogens with zero attached hydrogens (tertiary/aromatic N) is 1. The molecule has 5 heteroatoms. The molecule has 0 aliphatic carbocycles. The third kappa shape index (κ3) is 3.46. The summed E-state index contributed by atoms with van der Waals surface area (Å²) in [5.74, 6) is 0.0354. The number of amides is 2. The zero-order chi connectivity index (χ0) is 17.3. The largest absolute Gasteiger partial charge is 0.326 e. The zero-order valence-corrected chi connectivity index (χ0v) is 14.8. The smallest absolute Gasteiger partial charge is 0.240 e. The Hall–Kier alpha value is -2.27. The molecule has 0 bridgehead atoms. The second-order valence-corrected chi connectivity index (χ2v) is 7.42. The Kier molecular flexibility index (Phi) is 4.62. The van der Waals surface area contributed by atoms with Gasteiger partial charge < -0.3 is 10.2 Å². The number of rotatable bonds is 3. The summed E-state index contributed by atoms with van der Waals surface area (Å²) >= 11 is 1.61. The van der Waals surface area contributed by atoms with Gasteiger partial charge in [-0.1, -0.05) is 18.2 Å². The normalized spacial score (nSPS) is 16.7. The molecule has 0 saturated carbocycles. The van der Waals surface area contributed by atoms with E-state index in [0.717, 1.165) is 27.4 Å². The summed E-state index contributed by atoms with van der Waals surface area (Å²) in [6.07, 6.45) is 0. The van der Waals surface area contributed by atoms with Gasteiger partial charge in [-0.2, -0.15) is 0 Å². The summed E-state index contributed by atoms with van der Waals surface area (Å²) in [4.78, 5) is 26.8. The van der Waals surface area contributed by atoms with Crippen molar-refractivity contribution in [1.29, 1.82) is 0 Å². The molecule has 0 aromatic heterocycles. The molecule has 0 spiro atoms. The fourth-order valence-corrected chi connectivity index (χ4v) is 3.80. The van der Waals surface area contributed by atoms with Crippen molar-refractivity contribution in [2.24, 2.45) is 0 Å². The monoisotopic (exact) mass is 340 g/mol. The van der Waals surface area contributed by atoms with Crippen molar-refractivity contribution in [3.8, 4) is 0 Å². The molecule has 3 rings (SSSR count). The van der Waals surface area contributed by atoms with Crippen molar-refractivity contribution < 1.29 is 9.59 Å². The van der Waals surface area contributed by atoms with Gasteiger partial charge in [-0.25, -0.2) is 0 Å². The summed E-state index contributed by atoms with van der Waals surface area (Å²) in [6, 6.07) is 13.8. The van der Waals surface area contributed by atoms with Crippen LogP contribution in [0.1, 0.15) is 25.0 Å². The van der Waals surface area contributed by atoms with E-state index in [9.17, 15) is 9.59 Å². The average molecular weight is 340 g/mol. The summed E-state index contributed by atoms with van der Waals surface area (Å²) in [6.45, 7) is 6.00. The summed E-state index contributed by atoms with van der Waals surface area (Å²) in [7, 11) is 0. The Labute approximate surface area is 146 Å². The average Bonchev–Trinajstić information content (AvgIpc) is 2.53. The van der Waals surface area contributed by atoms with Crippen molar-refractivity contribution in [1.82, 2.24) is 0 Å². The fraction of sp³-hybridized carbons (Fsp3) is 0.263. The lowest BCUT2D eigenvalue weighted by Gasteiger charge is -2.32. The predicted molar refractivity (Wildman–Crippen MR) is 98.4 cm³/mol. The summed E-state index contributed by atoms with van der Waals surface area (Å²) in [5.41, 5.74) is 3.91. The molecule has 0 fully saturated rings. The molecule has 4 nitrogen and oxygen atoms in total. The SMILES string of the molecule is CC(=O)Nc1ccc(CN2C(=O)C(C)Sc3ccc(C)cc32)cc1. The van der Waals surface area contributed by atoms with E-state index in [2.05, 4.69) is 23.5 Å². The highest BCUT2D eigenvalue weighted by atomic mass is 32.2. The minimum Gasteiger partial charge on any atom is -0.326 e. The van der Waals surface area contributed by atoms with Crippen LogP contribution in [0.3, 0.4) is 0 Å². The van der Waals surface area contributed by atoms with Crippen molar-refractivity contribution in [2.45, 2.75) is 37.5 Å². The lowest BCUT2D eigenvalue weighted by molar-refractivity contribution is -0.118. The van der Waals surface area contributed by atoms with Gasteiger partial charge in [0.2, 0.25) is 11.8 Å². The van der Waals surface area contributed by atoms with Crippen molar-refractivity contribution >= 4 is 35.0 Å². The first-order valence-electron chi connectivity index (χ1n) is 7.89. The number of hydrogen-bond donors (Lipinski definition) is 1. The van der Waals surface area contributed by atoms with Gasteiger partial charge in [0.05, 0.1) is 17.5 Å². The van der Waals surface area contributed by atoms with E-state index < -0.39 is 0 Å². The Bertz CT molecular complexity index is 786. The number of carbonyl (C=O) groups is 2. The first-order chi connectivity index (χ1) is 11.4. The van der Waals surface area contributed by atoms with Crippen molar-refractivity contribution in [3.05, 3.63) is 53.6 Å². The molecule has 1 unspecified atom stereocenters. The van der Waals surface area contributed by atoms with Crippen LogP contribution in [0.5, 0.6) is 0 Å². The topological polar surface area (TPSA) is 49.4 Å². The van der Waals surface area contributed by atoms with Gasteiger partial charge in [0.1, 0.15) is 0 Å². The van der Waals surface area contributed by atoms with Gasteiger partial charge >= 0.3 is 0 Å². The van der Waals surface area contributed by atoms with E-state index in [0.29, 0.717) is 6.54 Å². The van der Waals surface area contributed by atoms with E-state index in [-0.39, 0.29) is 17.1 Å². The number of hydrogen-bond acceptors (Lipinski definition) is 3. The minimum absolute atomic E-state index is 0.0844. The number of benzene rings is 2. The number of fused-ring (bicyclic) bond motifs is 1. The quantitative estimate of drug-likeness (QED) is 0.919. The molecule has 1 aliphatic heterocycles. The number of aryl methyl sites for hydroxylation is 1. The van der Waals surface area contributed by atoms with Crippen LogP contribution in [-0.4, -0.2) is 17.1 Å². The van der Waals surface area contributed by atoms with E-state index in [4.69, 9.17) is 0 Å². The first kappa shape index (κ1) is 16.6. The molecule has 2 amide bonds. The molecule has 24 heavy (non-hydrogen) atoms. The predicted octanol–water partition coefficient (Wildman–Crippen LogP) is 3.98. The molecule has 1 heterocycles. The van der Waals surface area contributed by atoms with E-state index in [1.165, 1.54) is 6.92 Å². The maximum atomic E-state index is 12.7. The number of carbonyl (C=O) groups excluding carboxylic acids is 2. The van der Waals surface area contributed by atoms with Crippen LogP contribution in [0.15, 0.2) is 47.4 Å². The van der Waals surface area contributed by atoms with E-state index in [1.807, 2.05) is 43.0 Å². The van der Waals surface area contributed by atoms with Crippen LogP contribution >= 0.6 is 11.8 Å². The van der Waals surface area contributed by atoms with Gasteiger partial charge in [0, 0.05) is 17.5 Å². The molecule has 1 aliphatic rings. The summed E-state index contributed by atoms with van der Waals surface area (Å²) in [5, 5.41) is 2.67. The lowest BCUT2D eigenvalue weighted by Crippen LogP contribution is -2.39. The highest BCUT2D eigenvalue weighted by Gasteiger charge is 2.30. The molecule has 1 atom stereocenters. The van der Waals surface area contributed by atoms with Crippen molar-refractivity contribution in [3.63, 3.8) is 0 Å². The van der Waals surface area contributed by atoms with E-state index >= 15 is 0 Å². The number of nitrogens with one attached hydrogen (secondary N) is 1. The number of anilines is 2. The Morgan fingerprint density at radius 2 is 1.92 bits per heavy atom. The lowest BCUT2D eigenvalue weighted by atomic mass is 10.1. The third-order valence-corrected chi connectivity index (χ3v) is 5.09. The highest BCUT2D eigenvalue weighted by molar-refractivity contribution is 8.00. The number of thioether (sulfide) groups is 1. The molecule has 0 saturated heterocycles. The molecular formula is C19H20N2O2S. The van der Waals surface area contributed by atoms with Crippen LogP contribution in [-0.2, 0) is 16.1 Å². The van der Waals surface area contributed by atoms with Gasteiger partial charge in [-0.15, -0.1) is 11.8 Å². The highest BCUT2D eigenvalue weighted by Crippen LogP contribution is 2.40. The van der Waals surface area contributed by atoms with Gasteiger partial charge in [0.15, 0.2) is 0 Å². The molecule has 124 valence electrons. The molecule has 0 radical (unpaired) electrons. The van der Waals surface area contributed by atoms with Crippen LogP contribution in [0.25, 0.3) is 0 Å². The molecular weight excluding hydrogens is 320 g/mol. The maximum Gasteiger partial charge on any atom is 0.240 e. The van der Waals surface area contributed by atoms with Crippen LogP contribution in [0.2, 0.25) is 0 Å². The minimum atomic E-state index is -0.0933. The summed E-state index contributed by atoms with van der Waals surface area (Å²) < 4.78 is 0. The maximum absolute atomic E-state index is 12.7. The third-order valence-electron chi connectivity index (χ3n) is 3.94. The molecule has 2 aromatic carbocycles. The standard InChI is InChI=1S/C19H20N2O2S/c1-12-4-9-18-17(10-12)21(19(23)13(2)24-18)11-15-5-7-16(8-6-15)20-14(3)22/h4-10,13H,11H2,1-3H3,(H,20,22). The first-order valence-corrected chi connectivity index (χ1v) is 8.77. The van der Waals surface area contributed by atoms with Crippen LogP contribution in [0.4, 0.5) is 11.4 Å². The molecule has 2 aromatic rings. The van der Waals surface area contributed by atoms with Gasteiger partial charge in [-0.05, 0) is 49.2 Å². The second-order valence-electron chi connectivity index (χ2n) is 6.03. The van der Waals surface area contributed by atoms with E-state index in [1.54, 1.807) is 11.8 Å². The second kappa shape index (κ2) is 6.69. The molecule has 1 N–H and O–H groups in total. The van der Waals surface area contributed by atoms with Crippen LogP contribution in [0, 0.1) is 6.92 Å². The Balaban J connectivity index is 1.87. The zero-order valence-electron chi connectivity index (χ0n) is 14.0. The van der Waals surface area contributed by atoms with Crippen molar-refractivity contribution in [2.75, 3.05) is 10.2 Å². The van der Waals surface area contributed by atoms with Gasteiger partial charge in [0.25, 0.3) is 0 Å². The Morgan fingerprint density at radius 1 is 1.21 bits per heavy atom. The van der Waals surface area contributed by atoms with Gasteiger partial charge in [-0.3, -0.25) is 9.59 Å². The Morgan fingerprint density at radius 3 is 2.58 bits per heavy atom. The fourth-order valence-electron chi connectivity index (χ4n) is 2.76. The van der Waals surface area contributed by atoms with Crippen LogP contribution < -0.4 is 10.2 Å².